The highest BCUT2D eigenvalue weighted by Crippen LogP contribution is 2.24. The molecule has 0 aliphatic carbocycles. The predicted octanol–water partition coefficient (Wildman–Crippen LogP) is 3.81. The zero-order valence-corrected chi connectivity index (χ0v) is 14.3. The van der Waals surface area contributed by atoms with Crippen LogP contribution in [-0.4, -0.2) is 37.3 Å². The predicted molar refractivity (Wildman–Crippen MR) is 96.3 cm³/mol. The van der Waals surface area contributed by atoms with E-state index in [9.17, 15) is 0 Å². The molecule has 0 amide bonds. The lowest BCUT2D eigenvalue weighted by molar-refractivity contribution is 0.325. The molecule has 0 N–H and O–H groups in total. The van der Waals surface area contributed by atoms with Crippen molar-refractivity contribution < 1.29 is 9.47 Å². The number of hydrogen-bond acceptors (Lipinski definition) is 5. The number of ether oxygens (including phenoxy) is 2. The van der Waals surface area contributed by atoms with Crippen molar-refractivity contribution in [1.29, 1.82) is 0 Å². The van der Waals surface area contributed by atoms with Gasteiger partial charge in [-0.3, -0.25) is 0 Å². The maximum atomic E-state index is 6.02. The average molecular weight is 344 g/mol. The summed E-state index contributed by atoms with van der Waals surface area (Å²) >= 11 is 6.02. The topological polar surface area (TPSA) is 47.5 Å². The molecule has 124 valence electrons. The Morgan fingerprint density at radius 3 is 2.54 bits per heavy atom. The second-order valence-corrected chi connectivity index (χ2v) is 5.74. The van der Waals surface area contributed by atoms with Gasteiger partial charge in [-0.25, -0.2) is 9.97 Å². The minimum Gasteiger partial charge on any atom is -0.497 e. The first-order chi connectivity index (χ1) is 11.7. The van der Waals surface area contributed by atoms with Crippen molar-refractivity contribution in [1.82, 2.24) is 9.97 Å². The van der Waals surface area contributed by atoms with Crippen LogP contribution in [0.2, 0.25) is 5.02 Å². The second kappa shape index (κ2) is 7.36. The smallest absolute Gasteiger partial charge is 0.139 e. The number of hydrogen-bond donors (Lipinski definition) is 0. The minimum absolute atomic E-state index is 0.544. The van der Waals surface area contributed by atoms with E-state index in [1.807, 2.05) is 54.4 Å². The molecule has 1 heterocycles. The lowest BCUT2D eigenvalue weighted by Gasteiger charge is -2.19. The quantitative estimate of drug-likeness (QED) is 0.681. The van der Waals surface area contributed by atoms with Gasteiger partial charge in [0.1, 0.15) is 30.3 Å². The number of fused-ring (bicyclic) bond motifs is 1. The van der Waals surface area contributed by atoms with Crippen LogP contribution in [0.5, 0.6) is 11.5 Å². The molecule has 3 aromatic rings. The van der Waals surface area contributed by atoms with Gasteiger partial charge in [-0.1, -0.05) is 11.6 Å². The molecule has 0 radical (unpaired) electrons. The van der Waals surface area contributed by atoms with Crippen LogP contribution in [0.1, 0.15) is 0 Å². The van der Waals surface area contributed by atoms with Crippen LogP contribution in [0, 0.1) is 0 Å². The van der Waals surface area contributed by atoms with Gasteiger partial charge in [-0.05, 0) is 42.5 Å². The molecule has 0 saturated heterocycles. The van der Waals surface area contributed by atoms with Gasteiger partial charge in [0.2, 0.25) is 0 Å². The summed E-state index contributed by atoms with van der Waals surface area (Å²) < 4.78 is 10.9. The first kappa shape index (κ1) is 16.3. The highest BCUT2D eigenvalue weighted by molar-refractivity contribution is 6.31. The first-order valence-electron chi connectivity index (χ1n) is 7.55. The number of benzene rings is 2. The van der Waals surface area contributed by atoms with Crippen molar-refractivity contribution in [2.75, 3.05) is 32.2 Å². The van der Waals surface area contributed by atoms with Crippen LogP contribution in [0.3, 0.4) is 0 Å². The number of aromatic nitrogens is 2. The number of halogens is 1. The standard InChI is InChI=1S/C18H18ClN3O2/c1-22(9-10-24-15-6-4-14(23-2)5-7-15)18-16-8-3-13(19)11-17(16)20-12-21-18/h3-8,11-12H,9-10H2,1-2H3. The molecule has 3 rings (SSSR count). The molecule has 0 bridgehead atoms. The van der Waals surface area contributed by atoms with Gasteiger partial charge in [0, 0.05) is 17.5 Å². The first-order valence-corrected chi connectivity index (χ1v) is 7.93. The summed E-state index contributed by atoms with van der Waals surface area (Å²) in [5.41, 5.74) is 0.829. The van der Waals surface area contributed by atoms with E-state index < -0.39 is 0 Å². The molecule has 24 heavy (non-hydrogen) atoms. The van der Waals surface area contributed by atoms with Gasteiger partial charge >= 0.3 is 0 Å². The van der Waals surface area contributed by atoms with Gasteiger partial charge in [0.25, 0.3) is 0 Å². The lowest BCUT2D eigenvalue weighted by Crippen LogP contribution is -2.25. The monoisotopic (exact) mass is 343 g/mol. The van der Waals surface area contributed by atoms with E-state index in [1.54, 1.807) is 13.4 Å². The molecular formula is C18H18ClN3O2. The summed E-state index contributed by atoms with van der Waals surface area (Å²) in [5.74, 6) is 2.48. The van der Waals surface area contributed by atoms with Crippen molar-refractivity contribution in [2.24, 2.45) is 0 Å². The van der Waals surface area contributed by atoms with Crippen LogP contribution in [-0.2, 0) is 0 Å². The fourth-order valence-corrected chi connectivity index (χ4v) is 2.56. The molecule has 0 saturated carbocycles. The molecule has 1 aromatic heterocycles. The summed E-state index contributed by atoms with van der Waals surface area (Å²) in [4.78, 5) is 10.7. The van der Waals surface area contributed by atoms with Crippen LogP contribution in [0.25, 0.3) is 10.9 Å². The van der Waals surface area contributed by atoms with Crippen molar-refractivity contribution in [3.8, 4) is 11.5 Å². The number of rotatable bonds is 6. The minimum atomic E-state index is 0.544. The Labute approximate surface area is 145 Å². The number of nitrogens with zero attached hydrogens (tertiary/aromatic N) is 3. The Balaban J connectivity index is 1.65. The molecule has 0 atom stereocenters. The third kappa shape index (κ3) is 3.68. The van der Waals surface area contributed by atoms with E-state index in [2.05, 4.69) is 9.97 Å². The van der Waals surface area contributed by atoms with Crippen molar-refractivity contribution in [2.45, 2.75) is 0 Å². The summed E-state index contributed by atoms with van der Waals surface area (Å²) in [6.07, 6.45) is 1.55. The Bertz CT molecular complexity index is 824. The van der Waals surface area contributed by atoms with Gasteiger partial charge in [0.05, 0.1) is 19.2 Å². The van der Waals surface area contributed by atoms with Gasteiger partial charge in [-0.15, -0.1) is 0 Å². The average Bonchev–Trinajstić information content (AvgIpc) is 2.61. The molecule has 0 aliphatic heterocycles. The summed E-state index contributed by atoms with van der Waals surface area (Å²) in [6.45, 7) is 1.24. The van der Waals surface area contributed by atoms with E-state index in [0.717, 1.165) is 28.2 Å². The molecular weight excluding hydrogens is 326 g/mol. The van der Waals surface area contributed by atoms with Crippen molar-refractivity contribution in [3.05, 3.63) is 53.8 Å². The van der Waals surface area contributed by atoms with E-state index in [1.165, 1.54) is 0 Å². The molecule has 0 fully saturated rings. The number of likely N-dealkylation sites (N-methyl/N-ethyl adjacent to an activating group) is 1. The van der Waals surface area contributed by atoms with Crippen LogP contribution in [0.15, 0.2) is 48.8 Å². The highest BCUT2D eigenvalue weighted by Gasteiger charge is 2.09. The molecule has 0 unspecified atom stereocenters. The molecule has 2 aromatic carbocycles. The SMILES string of the molecule is COc1ccc(OCCN(C)c2ncnc3cc(Cl)ccc23)cc1. The molecule has 0 aliphatic rings. The lowest BCUT2D eigenvalue weighted by atomic mass is 10.2. The largest absolute Gasteiger partial charge is 0.497 e. The van der Waals surface area contributed by atoms with E-state index >= 15 is 0 Å². The fourth-order valence-electron chi connectivity index (χ4n) is 2.40. The molecule has 0 spiro atoms. The summed E-state index contributed by atoms with van der Waals surface area (Å²) in [7, 11) is 3.62. The summed E-state index contributed by atoms with van der Waals surface area (Å²) in [5, 5.41) is 1.63. The Morgan fingerprint density at radius 2 is 1.79 bits per heavy atom. The van der Waals surface area contributed by atoms with E-state index in [-0.39, 0.29) is 0 Å². The van der Waals surface area contributed by atoms with Crippen molar-refractivity contribution >= 4 is 28.3 Å². The molecule has 6 heteroatoms. The maximum absolute atomic E-state index is 6.02. The van der Waals surface area contributed by atoms with Crippen molar-refractivity contribution in [3.63, 3.8) is 0 Å². The third-order valence-electron chi connectivity index (χ3n) is 3.69. The fraction of sp³-hybridized carbons (Fsp3) is 0.222. The van der Waals surface area contributed by atoms with Gasteiger partial charge < -0.3 is 14.4 Å². The molecule has 5 nitrogen and oxygen atoms in total. The normalized spacial score (nSPS) is 10.6. The number of methoxy groups -OCH3 is 1. The number of anilines is 1. The third-order valence-corrected chi connectivity index (χ3v) is 3.93. The Hall–Kier alpha value is -2.53. The zero-order chi connectivity index (χ0) is 16.9. The van der Waals surface area contributed by atoms with Crippen LogP contribution < -0.4 is 14.4 Å². The Kier molecular flexibility index (Phi) is 5.01. The van der Waals surface area contributed by atoms with Crippen LogP contribution in [0.4, 0.5) is 5.82 Å². The summed E-state index contributed by atoms with van der Waals surface area (Å²) in [6, 6.07) is 13.2. The maximum Gasteiger partial charge on any atom is 0.139 e. The Morgan fingerprint density at radius 1 is 1.04 bits per heavy atom. The van der Waals surface area contributed by atoms with Gasteiger partial charge in [-0.2, -0.15) is 0 Å². The van der Waals surface area contributed by atoms with E-state index in [0.29, 0.717) is 18.2 Å². The zero-order valence-electron chi connectivity index (χ0n) is 13.6. The second-order valence-electron chi connectivity index (χ2n) is 5.30. The van der Waals surface area contributed by atoms with Gasteiger partial charge in [0.15, 0.2) is 0 Å². The van der Waals surface area contributed by atoms with Crippen LogP contribution >= 0.6 is 11.6 Å². The highest BCUT2D eigenvalue weighted by atomic mass is 35.5. The van der Waals surface area contributed by atoms with E-state index in [4.69, 9.17) is 21.1 Å².